The second-order valence-electron chi connectivity index (χ2n) is 3.08. The number of hydrogen-bond acceptors (Lipinski definition) is 4. The van der Waals surface area contributed by atoms with E-state index in [0.717, 1.165) is 0 Å². The molecule has 0 aliphatic heterocycles. The number of Topliss-reactive ketones (excluding diaryl/α,β-unsaturated/α-hetero) is 1. The minimum Gasteiger partial charge on any atom is -0.391 e. The van der Waals surface area contributed by atoms with Crippen molar-refractivity contribution in [2.75, 3.05) is 0 Å². The maximum Gasteiger partial charge on any atom is 0.200 e. The highest BCUT2D eigenvalue weighted by molar-refractivity contribution is 5.98. The van der Waals surface area contributed by atoms with Gasteiger partial charge in [-0.15, -0.1) is 0 Å². The van der Waals surface area contributed by atoms with E-state index in [9.17, 15) is 9.90 Å². The molecule has 1 aromatic heterocycles. The second kappa shape index (κ2) is 4.83. The number of nitrogens with zero attached hydrogens (tertiary/aromatic N) is 1. The van der Waals surface area contributed by atoms with Gasteiger partial charge in [0, 0.05) is 6.20 Å². The van der Waals surface area contributed by atoms with Crippen molar-refractivity contribution in [1.29, 1.82) is 0 Å². The third-order valence-electron chi connectivity index (χ3n) is 2.05. The molecule has 1 aromatic rings. The highest BCUT2D eigenvalue weighted by Gasteiger charge is 2.22. The van der Waals surface area contributed by atoms with Crippen molar-refractivity contribution < 1.29 is 9.90 Å². The molecule has 0 aromatic carbocycles. The second-order valence-corrected chi connectivity index (χ2v) is 3.08. The maximum absolute atomic E-state index is 11.6. The first-order chi connectivity index (χ1) is 6.66. The first-order valence-corrected chi connectivity index (χ1v) is 4.55. The molecule has 3 N–H and O–H groups in total. The molecule has 2 unspecified atom stereocenters. The molecule has 1 rings (SSSR count). The average Bonchev–Trinajstić information content (AvgIpc) is 2.27. The molecule has 0 saturated heterocycles. The van der Waals surface area contributed by atoms with Crippen LogP contribution in [-0.2, 0) is 0 Å². The molecular weight excluding hydrogens is 180 g/mol. The average molecular weight is 194 g/mol. The smallest absolute Gasteiger partial charge is 0.200 e. The Bertz CT molecular complexity index is 300. The van der Waals surface area contributed by atoms with Crippen LogP contribution < -0.4 is 5.73 Å². The predicted octanol–water partition coefficient (Wildman–Crippen LogP) is 0.362. The monoisotopic (exact) mass is 194 g/mol. The molecule has 4 nitrogen and oxygen atoms in total. The van der Waals surface area contributed by atoms with Gasteiger partial charge < -0.3 is 10.8 Å². The summed E-state index contributed by atoms with van der Waals surface area (Å²) in [5.41, 5.74) is 5.86. The number of hydrogen-bond donors (Lipinski definition) is 2. The van der Waals surface area contributed by atoms with E-state index in [1.807, 2.05) is 0 Å². The number of carbonyl (C=O) groups excluding carboxylic acids is 1. The molecule has 0 spiro atoms. The van der Waals surface area contributed by atoms with Crippen LogP contribution in [0, 0.1) is 0 Å². The zero-order valence-corrected chi connectivity index (χ0v) is 8.05. The summed E-state index contributed by atoms with van der Waals surface area (Å²) < 4.78 is 0. The molecule has 2 atom stereocenters. The van der Waals surface area contributed by atoms with Crippen LogP contribution in [-0.4, -0.2) is 28.0 Å². The molecule has 1 heterocycles. The van der Waals surface area contributed by atoms with E-state index in [-0.39, 0.29) is 5.78 Å². The minimum atomic E-state index is -0.880. The summed E-state index contributed by atoms with van der Waals surface area (Å²) in [4.78, 5) is 15.5. The van der Waals surface area contributed by atoms with Gasteiger partial charge in [0.25, 0.3) is 0 Å². The van der Waals surface area contributed by atoms with Gasteiger partial charge in [-0.1, -0.05) is 13.0 Å². The van der Waals surface area contributed by atoms with Crippen LogP contribution in [0.25, 0.3) is 0 Å². The first-order valence-electron chi connectivity index (χ1n) is 4.55. The van der Waals surface area contributed by atoms with Crippen LogP contribution in [0.4, 0.5) is 0 Å². The van der Waals surface area contributed by atoms with Crippen molar-refractivity contribution in [3.05, 3.63) is 30.1 Å². The number of carbonyl (C=O) groups is 1. The number of ketones is 1. The molecule has 0 fully saturated rings. The minimum absolute atomic E-state index is 0.299. The molecular formula is C10H14N2O2. The van der Waals surface area contributed by atoms with Gasteiger partial charge in [-0.25, -0.2) is 0 Å². The van der Waals surface area contributed by atoms with E-state index in [2.05, 4.69) is 4.98 Å². The Morgan fingerprint density at radius 3 is 2.86 bits per heavy atom. The molecule has 0 aliphatic rings. The number of pyridine rings is 1. The highest BCUT2D eigenvalue weighted by Crippen LogP contribution is 2.03. The van der Waals surface area contributed by atoms with Crippen molar-refractivity contribution in [2.45, 2.75) is 25.5 Å². The Morgan fingerprint density at radius 1 is 1.64 bits per heavy atom. The SMILES string of the molecule is CCC(O)C(N)C(=O)c1ccccn1. The van der Waals surface area contributed by atoms with Crippen LogP contribution in [0.15, 0.2) is 24.4 Å². The van der Waals surface area contributed by atoms with Gasteiger partial charge in [0.2, 0.25) is 0 Å². The molecule has 0 aliphatic carbocycles. The quantitative estimate of drug-likeness (QED) is 0.679. The van der Waals surface area contributed by atoms with Gasteiger partial charge in [0.15, 0.2) is 5.78 Å². The van der Waals surface area contributed by atoms with Crippen molar-refractivity contribution in [2.24, 2.45) is 5.73 Å². The fourth-order valence-electron chi connectivity index (χ4n) is 1.11. The summed E-state index contributed by atoms with van der Waals surface area (Å²) >= 11 is 0. The molecule has 4 heteroatoms. The normalized spacial score (nSPS) is 14.8. The Balaban J connectivity index is 2.76. The van der Waals surface area contributed by atoms with Crippen molar-refractivity contribution in [3.8, 4) is 0 Å². The predicted molar refractivity (Wildman–Crippen MR) is 52.8 cm³/mol. The van der Waals surface area contributed by atoms with E-state index in [1.165, 1.54) is 6.20 Å². The van der Waals surface area contributed by atoms with Crippen molar-refractivity contribution in [3.63, 3.8) is 0 Å². The fraction of sp³-hybridized carbons (Fsp3) is 0.400. The maximum atomic E-state index is 11.6. The molecule has 0 radical (unpaired) electrons. The Labute approximate surface area is 82.8 Å². The van der Waals surface area contributed by atoms with Crippen LogP contribution in [0.5, 0.6) is 0 Å². The largest absolute Gasteiger partial charge is 0.391 e. The molecule has 76 valence electrons. The summed E-state index contributed by atoms with van der Waals surface area (Å²) in [7, 11) is 0. The zero-order valence-electron chi connectivity index (χ0n) is 8.05. The van der Waals surface area contributed by atoms with E-state index >= 15 is 0 Å². The van der Waals surface area contributed by atoms with Crippen molar-refractivity contribution in [1.82, 2.24) is 4.98 Å². The van der Waals surface area contributed by atoms with Gasteiger partial charge in [0.1, 0.15) is 5.69 Å². The van der Waals surface area contributed by atoms with Gasteiger partial charge in [0.05, 0.1) is 12.1 Å². The highest BCUT2D eigenvalue weighted by atomic mass is 16.3. The summed E-state index contributed by atoms with van der Waals surface area (Å²) in [6.45, 7) is 1.77. The van der Waals surface area contributed by atoms with E-state index in [1.54, 1.807) is 25.1 Å². The number of aliphatic hydroxyl groups is 1. The molecule has 0 bridgehead atoms. The molecule has 0 amide bonds. The van der Waals surface area contributed by atoms with Gasteiger partial charge in [-0.3, -0.25) is 9.78 Å². The lowest BCUT2D eigenvalue weighted by molar-refractivity contribution is 0.0806. The number of rotatable bonds is 4. The number of aliphatic hydroxyl groups excluding tert-OH is 1. The van der Waals surface area contributed by atoms with E-state index in [4.69, 9.17) is 5.73 Å². The Morgan fingerprint density at radius 2 is 2.36 bits per heavy atom. The summed E-state index contributed by atoms with van der Waals surface area (Å²) in [6.07, 6.45) is 1.18. The third kappa shape index (κ3) is 2.37. The van der Waals surface area contributed by atoms with E-state index in [0.29, 0.717) is 12.1 Å². The summed E-state index contributed by atoms with van der Waals surface area (Å²) in [6, 6.07) is 4.14. The topological polar surface area (TPSA) is 76.2 Å². The first kappa shape index (κ1) is 10.8. The standard InChI is InChI=1S/C10H14N2O2/c1-2-8(13)9(11)10(14)7-5-3-4-6-12-7/h3-6,8-9,13H,2,11H2,1H3. The fourth-order valence-corrected chi connectivity index (χ4v) is 1.11. The molecule has 14 heavy (non-hydrogen) atoms. The van der Waals surface area contributed by atoms with Crippen LogP contribution >= 0.6 is 0 Å². The lowest BCUT2D eigenvalue weighted by Gasteiger charge is -2.14. The Hall–Kier alpha value is -1.26. The number of aromatic nitrogens is 1. The van der Waals surface area contributed by atoms with Gasteiger partial charge in [-0.2, -0.15) is 0 Å². The third-order valence-corrected chi connectivity index (χ3v) is 2.05. The zero-order chi connectivity index (χ0) is 10.6. The summed E-state index contributed by atoms with van der Waals surface area (Å²) in [5.74, 6) is -0.319. The van der Waals surface area contributed by atoms with Crippen molar-refractivity contribution >= 4 is 5.78 Å². The molecule has 0 saturated carbocycles. The number of nitrogens with two attached hydrogens (primary N) is 1. The van der Waals surface area contributed by atoms with Crippen LogP contribution in [0.3, 0.4) is 0 Å². The van der Waals surface area contributed by atoms with Gasteiger partial charge in [-0.05, 0) is 18.6 Å². The Kier molecular flexibility index (Phi) is 3.73. The van der Waals surface area contributed by atoms with Gasteiger partial charge >= 0.3 is 0 Å². The van der Waals surface area contributed by atoms with Crippen LogP contribution in [0.1, 0.15) is 23.8 Å². The lowest BCUT2D eigenvalue weighted by Crippen LogP contribution is -2.41. The van der Waals surface area contributed by atoms with Crippen LogP contribution in [0.2, 0.25) is 0 Å². The lowest BCUT2D eigenvalue weighted by atomic mass is 10.0. The summed E-state index contributed by atoms with van der Waals surface area (Å²) in [5, 5.41) is 9.38. The van der Waals surface area contributed by atoms with E-state index < -0.39 is 12.1 Å².